The second-order valence-electron chi connectivity index (χ2n) is 11.3. The third kappa shape index (κ3) is 8.60. The smallest absolute Gasteiger partial charge is 0.378 e. The molecule has 5 rings (SSSR count). The van der Waals surface area contributed by atoms with E-state index in [0.717, 1.165) is 44.5 Å². The van der Waals surface area contributed by atoms with Gasteiger partial charge in [0.2, 0.25) is 0 Å². The van der Waals surface area contributed by atoms with E-state index >= 15 is 0 Å². The number of hydrogen-bond donors (Lipinski definition) is 1. The third-order valence-corrected chi connectivity index (χ3v) is 8.84. The number of carbonyl (C=O) groups is 2. The first-order valence-electron chi connectivity index (χ1n) is 14.5. The molecule has 2 atom stereocenters. The predicted molar refractivity (Wildman–Crippen MR) is 154 cm³/mol. The lowest BCUT2D eigenvalue weighted by atomic mass is 9.82. The first-order valence-corrected chi connectivity index (χ1v) is 14.9. The standard InChI is InChI=1S/C30H37ClFN3O3.CHF3/c31-27-19-25(6-7-26(27)29(37)35-17-12-24(32)20-35)33-13-8-21(9-14-33)18-22-10-15-34(16-11-22)30(38)28(36)23-4-2-1-3-5-23;2-1(3)4/h1-7,19,21-22,24,28,36H,8-18,20H2;1H/t24-,28+;/m0./s1. The molecular weight excluding hydrogens is 574 g/mol. The average molecular weight is 612 g/mol. The summed E-state index contributed by atoms with van der Waals surface area (Å²) in [5.41, 5.74) is 2.12. The molecule has 2 amide bonds. The van der Waals surface area contributed by atoms with E-state index in [2.05, 4.69) is 4.90 Å². The van der Waals surface area contributed by atoms with Gasteiger partial charge in [-0.3, -0.25) is 9.59 Å². The largest absolute Gasteiger partial charge is 0.379 e. The maximum absolute atomic E-state index is 13.5. The molecule has 42 heavy (non-hydrogen) atoms. The van der Waals surface area contributed by atoms with Gasteiger partial charge in [-0.1, -0.05) is 41.9 Å². The zero-order chi connectivity index (χ0) is 30.2. The Labute approximate surface area is 249 Å². The molecule has 3 heterocycles. The number of piperidine rings is 2. The van der Waals surface area contributed by atoms with Crippen LogP contribution in [0.1, 0.15) is 60.6 Å². The maximum Gasteiger partial charge on any atom is 0.379 e. The fraction of sp³-hybridized carbons (Fsp3) is 0.548. The van der Waals surface area contributed by atoms with Crippen LogP contribution in [0.15, 0.2) is 48.5 Å². The SMILES string of the molecule is FC(F)F.O=C(c1ccc(N2CCC(CC3CCN(C(=O)[C@H](O)c4ccccc4)CC3)CC2)cc1Cl)N1CC[C@H](F)C1. The molecule has 0 radical (unpaired) electrons. The number of amides is 2. The van der Waals surface area contributed by atoms with Crippen molar-refractivity contribution in [2.24, 2.45) is 11.8 Å². The molecule has 3 aliphatic rings. The monoisotopic (exact) mass is 611 g/mol. The minimum Gasteiger partial charge on any atom is -0.378 e. The molecule has 2 aromatic carbocycles. The van der Waals surface area contributed by atoms with Crippen molar-refractivity contribution < 1.29 is 32.3 Å². The molecule has 11 heteroatoms. The minimum absolute atomic E-state index is 0.148. The number of aliphatic hydroxyl groups excluding tert-OH is 1. The summed E-state index contributed by atoms with van der Waals surface area (Å²) < 4.78 is 42.5. The van der Waals surface area contributed by atoms with Crippen molar-refractivity contribution >= 4 is 29.1 Å². The summed E-state index contributed by atoms with van der Waals surface area (Å²) in [6, 6.07) is 14.7. The van der Waals surface area contributed by atoms with Crippen LogP contribution in [-0.4, -0.2) is 78.8 Å². The van der Waals surface area contributed by atoms with Crippen LogP contribution >= 0.6 is 11.6 Å². The van der Waals surface area contributed by atoms with Gasteiger partial charge in [0.15, 0.2) is 6.10 Å². The van der Waals surface area contributed by atoms with Gasteiger partial charge in [-0.05, 0) is 74.1 Å². The van der Waals surface area contributed by atoms with Crippen molar-refractivity contribution in [2.75, 3.05) is 44.2 Å². The number of alkyl halides is 4. The van der Waals surface area contributed by atoms with Gasteiger partial charge in [-0.2, -0.15) is 13.2 Å². The number of benzene rings is 2. The third-order valence-electron chi connectivity index (χ3n) is 8.52. The van der Waals surface area contributed by atoms with E-state index in [-0.39, 0.29) is 18.4 Å². The van der Waals surface area contributed by atoms with E-state index in [9.17, 15) is 32.3 Å². The van der Waals surface area contributed by atoms with Gasteiger partial charge in [0.1, 0.15) is 6.17 Å². The maximum atomic E-state index is 13.5. The number of anilines is 1. The van der Waals surface area contributed by atoms with Crippen LogP contribution in [0.4, 0.5) is 23.2 Å². The molecule has 0 spiro atoms. The van der Waals surface area contributed by atoms with Gasteiger partial charge in [-0.15, -0.1) is 0 Å². The second kappa shape index (κ2) is 15.0. The lowest BCUT2D eigenvalue weighted by molar-refractivity contribution is -0.142. The lowest BCUT2D eigenvalue weighted by Gasteiger charge is -2.38. The van der Waals surface area contributed by atoms with Gasteiger partial charge in [0.25, 0.3) is 11.8 Å². The Kier molecular flexibility index (Phi) is 11.5. The topological polar surface area (TPSA) is 64.1 Å². The lowest BCUT2D eigenvalue weighted by Crippen LogP contribution is -2.42. The van der Waals surface area contributed by atoms with E-state index in [1.807, 2.05) is 35.2 Å². The molecule has 2 aromatic rings. The summed E-state index contributed by atoms with van der Waals surface area (Å²) in [6.07, 6.45) is 3.73. The van der Waals surface area contributed by atoms with Gasteiger partial charge in [-0.25, -0.2) is 4.39 Å². The van der Waals surface area contributed by atoms with E-state index < -0.39 is 19.0 Å². The summed E-state index contributed by atoms with van der Waals surface area (Å²) in [5, 5.41) is 10.9. The number of likely N-dealkylation sites (tertiary alicyclic amines) is 2. The fourth-order valence-corrected chi connectivity index (χ4v) is 6.44. The highest BCUT2D eigenvalue weighted by molar-refractivity contribution is 6.34. The first-order chi connectivity index (χ1) is 20.1. The van der Waals surface area contributed by atoms with E-state index in [4.69, 9.17) is 11.6 Å². The van der Waals surface area contributed by atoms with Gasteiger partial charge >= 0.3 is 6.68 Å². The zero-order valence-electron chi connectivity index (χ0n) is 23.5. The quantitative estimate of drug-likeness (QED) is 0.391. The van der Waals surface area contributed by atoms with Gasteiger partial charge in [0, 0.05) is 38.4 Å². The van der Waals surface area contributed by atoms with Crippen LogP contribution < -0.4 is 4.90 Å². The highest BCUT2D eigenvalue weighted by atomic mass is 35.5. The van der Waals surface area contributed by atoms with Crippen LogP contribution in [0.3, 0.4) is 0 Å². The summed E-state index contributed by atoms with van der Waals surface area (Å²) in [7, 11) is 0. The number of nitrogens with zero attached hydrogens (tertiary/aromatic N) is 3. The molecule has 3 saturated heterocycles. The van der Waals surface area contributed by atoms with E-state index in [1.165, 1.54) is 6.42 Å². The molecule has 3 fully saturated rings. The highest BCUT2D eigenvalue weighted by Gasteiger charge is 2.31. The fourth-order valence-electron chi connectivity index (χ4n) is 6.18. The normalized spacial score (nSPS) is 20.8. The van der Waals surface area contributed by atoms with Crippen LogP contribution in [0, 0.1) is 11.8 Å². The zero-order valence-corrected chi connectivity index (χ0v) is 24.2. The number of carbonyl (C=O) groups excluding carboxylic acids is 2. The van der Waals surface area contributed by atoms with Crippen molar-refractivity contribution in [1.29, 1.82) is 0 Å². The summed E-state index contributed by atoms with van der Waals surface area (Å²) >= 11 is 6.49. The summed E-state index contributed by atoms with van der Waals surface area (Å²) in [4.78, 5) is 31.2. The summed E-state index contributed by atoms with van der Waals surface area (Å²) in [5.74, 6) is 0.886. The number of rotatable bonds is 6. The van der Waals surface area contributed by atoms with Crippen molar-refractivity contribution in [3.05, 3.63) is 64.7 Å². The first kappa shape index (κ1) is 32.1. The Bertz CT molecular complexity index is 1170. The van der Waals surface area contributed by atoms with Crippen LogP contribution in [-0.2, 0) is 4.79 Å². The molecule has 0 bridgehead atoms. The Morgan fingerprint density at radius 3 is 1.98 bits per heavy atom. The highest BCUT2D eigenvalue weighted by Crippen LogP contribution is 2.33. The Morgan fingerprint density at radius 2 is 1.43 bits per heavy atom. The molecule has 230 valence electrons. The van der Waals surface area contributed by atoms with Crippen molar-refractivity contribution in [1.82, 2.24) is 9.80 Å². The van der Waals surface area contributed by atoms with E-state index in [0.29, 0.717) is 54.0 Å². The van der Waals surface area contributed by atoms with Crippen molar-refractivity contribution in [3.8, 4) is 0 Å². The minimum atomic E-state index is -3.67. The average Bonchev–Trinajstić information content (AvgIpc) is 3.43. The Balaban J connectivity index is 0.000000952. The molecule has 0 aromatic heterocycles. The molecule has 0 unspecified atom stereocenters. The Morgan fingerprint density at radius 1 is 0.857 bits per heavy atom. The van der Waals surface area contributed by atoms with Crippen molar-refractivity contribution in [3.63, 3.8) is 0 Å². The van der Waals surface area contributed by atoms with Crippen LogP contribution in [0.5, 0.6) is 0 Å². The van der Waals surface area contributed by atoms with Crippen LogP contribution in [0.25, 0.3) is 0 Å². The molecule has 0 aliphatic carbocycles. The summed E-state index contributed by atoms with van der Waals surface area (Å²) in [6.45, 7) is 0.236. The van der Waals surface area contributed by atoms with Crippen molar-refractivity contribution in [2.45, 2.75) is 57.5 Å². The number of halogens is 5. The van der Waals surface area contributed by atoms with E-state index in [1.54, 1.807) is 23.1 Å². The Hall–Kier alpha value is -2.85. The molecule has 6 nitrogen and oxygen atoms in total. The number of aliphatic hydroxyl groups is 1. The molecule has 1 N–H and O–H groups in total. The molecular formula is C31H38ClF4N3O3. The number of hydrogen-bond acceptors (Lipinski definition) is 4. The molecule has 0 saturated carbocycles. The van der Waals surface area contributed by atoms with Crippen LogP contribution in [0.2, 0.25) is 5.02 Å². The predicted octanol–water partition coefficient (Wildman–Crippen LogP) is 6.28. The van der Waals surface area contributed by atoms with Gasteiger partial charge in [0.05, 0.1) is 17.1 Å². The molecule has 3 aliphatic heterocycles. The second-order valence-corrected chi connectivity index (χ2v) is 11.7. The van der Waals surface area contributed by atoms with Gasteiger partial charge < -0.3 is 19.8 Å².